The van der Waals surface area contributed by atoms with Gasteiger partial charge in [0.1, 0.15) is 11.8 Å². The van der Waals surface area contributed by atoms with Crippen LogP contribution in [0.5, 0.6) is 0 Å². The lowest BCUT2D eigenvalue weighted by molar-refractivity contribution is -0.124. The molecule has 1 heterocycles. The Morgan fingerprint density at radius 2 is 1.77 bits per heavy atom. The number of hydrazone groups is 1. The molecule has 0 saturated carbocycles. The van der Waals surface area contributed by atoms with Crippen molar-refractivity contribution >= 4 is 52.3 Å². The molecular formula is C21H16ClN3O6. The number of amides is 2. The zero-order chi connectivity index (χ0) is 22.4. The number of fused-ring (bicyclic) bond motifs is 1. The van der Waals surface area contributed by atoms with Crippen molar-refractivity contribution in [1.82, 2.24) is 5.43 Å². The van der Waals surface area contributed by atoms with Gasteiger partial charge in [-0.1, -0.05) is 11.6 Å². The Balaban J connectivity index is 1.50. The molecule has 0 bridgehead atoms. The highest BCUT2D eigenvalue weighted by atomic mass is 35.5. The molecule has 0 radical (unpaired) electrons. The van der Waals surface area contributed by atoms with Gasteiger partial charge >= 0.3 is 5.97 Å². The molecule has 1 aromatic heterocycles. The van der Waals surface area contributed by atoms with Gasteiger partial charge < -0.3 is 14.8 Å². The number of carboxylic acids is 1. The highest BCUT2D eigenvalue weighted by Crippen LogP contribution is 2.16. The summed E-state index contributed by atoms with van der Waals surface area (Å²) in [6.07, 6.45) is 2.11. The summed E-state index contributed by atoms with van der Waals surface area (Å²) in [5, 5.41) is 15.9. The summed E-state index contributed by atoms with van der Waals surface area (Å²) >= 11 is 5.86. The minimum Gasteiger partial charge on any atom is -0.478 e. The molecule has 0 unspecified atom stereocenters. The van der Waals surface area contributed by atoms with Gasteiger partial charge in [-0.05, 0) is 36.4 Å². The minimum absolute atomic E-state index is 0.0967. The van der Waals surface area contributed by atoms with Gasteiger partial charge in [0, 0.05) is 29.6 Å². The highest BCUT2D eigenvalue weighted by molar-refractivity contribution is 6.31. The summed E-state index contributed by atoms with van der Waals surface area (Å²) < 4.78 is 5.34. The third-order valence-electron chi connectivity index (χ3n) is 4.15. The average molecular weight is 442 g/mol. The predicted octanol–water partition coefficient (Wildman–Crippen LogP) is 3.01. The predicted molar refractivity (Wildman–Crippen MR) is 114 cm³/mol. The van der Waals surface area contributed by atoms with Crippen molar-refractivity contribution in [2.24, 2.45) is 5.10 Å². The Labute approximate surface area is 180 Å². The van der Waals surface area contributed by atoms with Crippen LogP contribution < -0.4 is 16.2 Å². The van der Waals surface area contributed by atoms with Gasteiger partial charge in [-0.3, -0.25) is 14.4 Å². The average Bonchev–Trinajstić information content (AvgIpc) is 2.74. The summed E-state index contributed by atoms with van der Waals surface area (Å²) in [5.41, 5.74) is 2.89. The van der Waals surface area contributed by atoms with Gasteiger partial charge in [0.05, 0.1) is 22.7 Å². The van der Waals surface area contributed by atoms with Crippen molar-refractivity contribution in [2.75, 3.05) is 5.32 Å². The lowest BCUT2D eigenvalue weighted by Gasteiger charge is -2.05. The molecular weight excluding hydrogens is 426 g/mol. The molecule has 0 aliphatic heterocycles. The van der Waals surface area contributed by atoms with Crippen molar-refractivity contribution in [2.45, 2.75) is 12.8 Å². The molecule has 3 aromatic rings. The van der Waals surface area contributed by atoms with E-state index in [1.54, 1.807) is 6.07 Å². The smallest absolute Gasteiger partial charge is 0.335 e. The van der Waals surface area contributed by atoms with Crippen LogP contribution in [-0.4, -0.2) is 29.1 Å². The fourth-order valence-corrected chi connectivity index (χ4v) is 2.74. The van der Waals surface area contributed by atoms with Crippen LogP contribution in [0.15, 0.2) is 63.0 Å². The van der Waals surface area contributed by atoms with Crippen LogP contribution in [0.3, 0.4) is 0 Å². The fraction of sp³-hybridized carbons (Fsp3) is 0.0952. The zero-order valence-corrected chi connectivity index (χ0v) is 16.7. The van der Waals surface area contributed by atoms with Crippen LogP contribution in [0.1, 0.15) is 28.8 Å². The summed E-state index contributed by atoms with van der Waals surface area (Å²) in [7, 11) is 0. The molecule has 0 aliphatic carbocycles. The summed E-state index contributed by atoms with van der Waals surface area (Å²) in [6.45, 7) is 0. The van der Waals surface area contributed by atoms with Crippen molar-refractivity contribution in [3.05, 3.63) is 75.1 Å². The van der Waals surface area contributed by atoms with Crippen LogP contribution in [0.2, 0.25) is 5.02 Å². The Hall–Kier alpha value is -3.98. The van der Waals surface area contributed by atoms with Crippen LogP contribution in [0.4, 0.5) is 5.69 Å². The van der Waals surface area contributed by atoms with Crippen LogP contribution >= 0.6 is 11.6 Å². The summed E-state index contributed by atoms with van der Waals surface area (Å²) in [6, 6.07) is 10.2. The molecule has 0 spiro atoms. The number of hydrogen-bond acceptors (Lipinski definition) is 6. The van der Waals surface area contributed by atoms with Crippen LogP contribution in [-0.2, 0) is 9.59 Å². The second-order valence-electron chi connectivity index (χ2n) is 6.38. The van der Waals surface area contributed by atoms with Gasteiger partial charge in [0.25, 0.3) is 0 Å². The molecule has 158 valence electrons. The molecule has 0 saturated heterocycles. The van der Waals surface area contributed by atoms with Crippen molar-refractivity contribution in [3.8, 4) is 0 Å². The maximum Gasteiger partial charge on any atom is 0.335 e. The monoisotopic (exact) mass is 441 g/mol. The molecule has 3 rings (SSSR count). The first kappa shape index (κ1) is 21.7. The van der Waals surface area contributed by atoms with Gasteiger partial charge in [-0.15, -0.1) is 0 Å². The van der Waals surface area contributed by atoms with Crippen molar-refractivity contribution < 1.29 is 23.9 Å². The molecule has 0 aliphatic rings. The van der Waals surface area contributed by atoms with Gasteiger partial charge in [-0.2, -0.15) is 5.10 Å². The first-order valence-electron chi connectivity index (χ1n) is 8.99. The van der Waals surface area contributed by atoms with Gasteiger partial charge in [0.2, 0.25) is 17.2 Å². The number of carbonyl (C=O) groups is 3. The first-order valence-corrected chi connectivity index (χ1v) is 9.37. The molecule has 0 atom stereocenters. The number of halogens is 1. The Morgan fingerprint density at radius 3 is 2.48 bits per heavy atom. The fourth-order valence-electron chi connectivity index (χ4n) is 2.58. The quantitative estimate of drug-likeness (QED) is 0.380. The SMILES string of the molecule is O=C(CCC(=O)Nc1ccc(C(=O)O)cc1)N/N=C/c1coc2cc(Cl)ccc2c1=O. The molecule has 3 N–H and O–H groups in total. The second kappa shape index (κ2) is 9.68. The number of anilines is 1. The van der Waals surface area contributed by atoms with E-state index < -0.39 is 17.8 Å². The molecule has 9 nitrogen and oxygen atoms in total. The molecule has 10 heteroatoms. The summed E-state index contributed by atoms with van der Waals surface area (Å²) in [5.74, 6) is -2.01. The number of carbonyl (C=O) groups excluding carboxylic acids is 2. The second-order valence-corrected chi connectivity index (χ2v) is 6.82. The van der Waals surface area contributed by atoms with E-state index in [0.717, 1.165) is 6.21 Å². The topological polar surface area (TPSA) is 138 Å². The van der Waals surface area contributed by atoms with E-state index in [9.17, 15) is 19.2 Å². The lowest BCUT2D eigenvalue weighted by Crippen LogP contribution is -2.21. The van der Waals surface area contributed by atoms with Crippen molar-refractivity contribution in [1.29, 1.82) is 0 Å². The van der Waals surface area contributed by atoms with E-state index in [2.05, 4.69) is 15.8 Å². The number of carboxylic acid groups (broad SMARTS) is 1. The number of benzene rings is 2. The number of rotatable bonds is 7. The maximum atomic E-state index is 12.4. The van der Waals surface area contributed by atoms with Crippen molar-refractivity contribution in [3.63, 3.8) is 0 Å². The Bertz CT molecular complexity index is 1230. The van der Waals surface area contributed by atoms with Gasteiger partial charge in [-0.25, -0.2) is 10.2 Å². The van der Waals surface area contributed by atoms with E-state index >= 15 is 0 Å². The molecule has 0 fully saturated rings. The van der Waals surface area contributed by atoms with E-state index in [4.69, 9.17) is 21.1 Å². The van der Waals surface area contributed by atoms with E-state index in [1.807, 2.05) is 0 Å². The number of nitrogens with zero attached hydrogens (tertiary/aromatic N) is 1. The maximum absolute atomic E-state index is 12.4. The molecule has 2 amide bonds. The number of nitrogens with one attached hydrogen (secondary N) is 2. The lowest BCUT2D eigenvalue weighted by atomic mass is 10.2. The molecule has 31 heavy (non-hydrogen) atoms. The Morgan fingerprint density at radius 1 is 1.06 bits per heavy atom. The highest BCUT2D eigenvalue weighted by Gasteiger charge is 2.09. The Kier molecular flexibility index (Phi) is 6.78. The zero-order valence-electron chi connectivity index (χ0n) is 15.9. The molecule has 2 aromatic carbocycles. The van der Waals surface area contributed by atoms with Gasteiger partial charge in [0.15, 0.2) is 0 Å². The largest absolute Gasteiger partial charge is 0.478 e. The van der Waals surface area contributed by atoms with E-state index in [1.165, 1.54) is 42.7 Å². The van der Waals surface area contributed by atoms with Crippen LogP contribution in [0.25, 0.3) is 11.0 Å². The van der Waals surface area contributed by atoms with Crippen LogP contribution in [0, 0.1) is 0 Å². The summed E-state index contributed by atoms with van der Waals surface area (Å²) in [4.78, 5) is 47.0. The normalized spacial score (nSPS) is 10.9. The first-order chi connectivity index (χ1) is 14.8. The number of hydrogen-bond donors (Lipinski definition) is 3. The minimum atomic E-state index is -1.07. The third-order valence-corrected chi connectivity index (χ3v) is 4.39. The third kappa shape index (κ3) is 5.77. The number of aromatic carboxylic acids is 1. The van der Waals surface area contributed by atoms with E-state index in [0.29, 0.717) is 21.7 Å². The standard InChI is InChI=1S/C21H16ClN3O6/c22-14-3-6-16-17(9-14)31-11-13(20(16)28)10-23-25-19(27)8-7-18(26)24-15-4-1-12(2-5-15)21(29)30/h1-6,9-11H,7-8H2,(H,24,26)(H,25,27)(H,29,30)/b23-10+. The van der Waals surface area contributed by atoms with E-state index in [-0.39, 0.29) is 29.4 Å².